The van der Waals surface area contributed by atoms with Gasteiger partial charge >= 0.3 is 5.97 Å². The standard InChI is InChI=1S/C19H18N2O6S/c1-28(24,25)16-9-5-3-7-14(16)20-17(22)12-26-19(23)11-10-18-21-13-6-2-4-8-15(13)27-18/h2-9H,10-12H2,1H3,(H,20,22). The number of benzene rings is 2. The lowest BCUT2D eigenvalue weighted by Gasteiger charge is -2.10. The lowest BCUT2D eigenvalue weighted by Crippen LogP contribution is -2.22. The Morgan fingerprint density at radius 2 is 1.82 bits per heavy atom. The molecule has 0 saturated carbocycles. The molecular weight excluding hydrogens is 384 g/mol. The van der Waals surface area contributed by atoms with Gasteiger partial charge in [-0.25, -0.2) is 13.4 Å². The lowest BCUT2D eigenvalue weighted by molar-refractivity contribution is -0.147. The number of fused-ring (bicyclic) bond motifs is 1. The first-order chi connectivity index (χ1) is 13.3. The van der Waals surface area contributed by atoms with Crippen LogP contribution in [0.2, 0.25) is 0 Å². The van der Waals surface area contributed by atoms with Crippen LogP contribution in [-0.2, 0) is 30.6 Å². The van der Waals surface area contributed by atoms with E-state index in [1.165, 1.54) is 12.1 Å². The molecule has 1 heterocycles. The smallest absolute Gasteiger partial charge is 0.306 e. The minimum absolute atomic E-state index is 0.0000279. The Labute approximate surface area is 161 Å². The monoisotopic (exact) mass is 402 g/mol. The van der Waals surface area contributed by atoms with Gasteiger partial charge in [0.25, 0.3) is 5.91 Å². The molecule has 8 nitrogen and oxygen atoms in total. The number of oxazole rings is 1. The molecule has 0 bridgehead atoms. The number of para-hydroxylation sites is 3. The van der Waals surface area contributed by atoms with Crippen LogP contribution in [0.3, 0.4) is 0 Å². The van der Waals surface area contributed by atoms with Gasteiger partial charge in [0.1, 0.15) is 5.52 Å². The predicted molar refractivity (Wildman–Crippen MR) is 101 cm³/mol. The average Bonchev–Trinajstić information content (AvgIpc) is 3.07. The van der Waals surface area contributed by atoms with Gasteiger partial charge < -0.3 is 14.5 Å². The third-order valence-electron chi connectivity index (χ3n) is 3.81. The number of nitrogens with zero attached hydrogens (tertiary/aromatic N) is 1. The van der Waals surface area contributed by atoms with E-state index in [0.717, 1.165) is 6.26 Å². The van der Waals surface area contributed by atoms with Crippen molar-refractivity contribution in [1.29, 1.82) is 0 Å². The Balaban J connectivity index is 1.50. The highest BCUT2D eigenvalue weighted by molar-refractivity contribution is 7.90. The van der Waals surface area contributed by atoms with E-state index in [9.17, 15) is 18.0 Å². The van der Waals surface area contributed by atoms with Crippen LogP contribution in [0.25, 0.3) is 11.1 Å². The summed E-state index contributed by atoms with van der Waals surface area (Å²) in [7, 11) is -3.50. The Morgan fingerprint density at radius 1 is 1.11 bits per heavy atom. The number of carbonyl (C=O) groups excluding carboxylic acids is 2. The van der Waals surface area contributed by atoms with Crippen molar-refractivity contribution >= 4 is 38.5 Å². The molecular formula is C19H18N2O6S. The van der Waals surface area contributed by atoms with E-state index in [1.54, 1.807) is 24.3 Å². The van der Waals surface area contributed by atoms with Crippen molar-refractivity contribution < 1.29 is 27.2 Å². The van der Waals surface area contributed by atoms with E-state index >= 15 is 0 Å². The molecule has 146 valence electrons. The number of rotatable bonds is 7. The molecule has 0 radical (unpaired) electrons. The van der Waals surface area contributed by atoms with Gasteiger partial charge in [0.2, 0.25) is 0 Å². The highest BCUT2D eigenvalue weighted by Gasteiger charge is 2.16. The van der Waals surface area contributed by atoms with E-state index in [-0.39, 0.29) is 23.4 Å². The zero-order valence-corrected chi connectivity index (χ0v) is 15.9. The predicted octanol–water partition coefficient (Wildman–Crippen LogP) is 2.35. The second-order valence-electron chi connectivity index (χ2n) is 6.05. The molecule has 1 N–H and O–H groups in total. The normalized spacial score (nSPS) is 11.3. The summed E-state index contributed by atoms with van der Waals surface area (Å²) in [6.07, 6.45) is 1.29. The Bertz CT molecular complexity index is 1090. The van der Waals surface area contributed by atoms with Crippen molar-refractivity contribution in [3.05, 3.63) is 54.4 Å². The molecule has 28 heavy (non-hydrogen) atoms. The summed E-state index contributed by atoms with van der Waals surface area (Å²) in [6.45, 7) is -0.523. The minimum Gasteiger partial charge on any atom is -0.456 e. The molecule has 2 aromatic carbocycles. The van der Waals surface area contributed by atoms with Crippen LogP contribution >= 0.6 is 0 Å². The van der Waals surface area contributed by atoms with Crippen LogP contribution in [0.4, 0.5) is 5.69 Å². The first kappa shape index (κ1) is 19.6. The third-order valence-corrected chi connectivity index (χ3v) is 4.96. The maximum Gasteiger partial charge on any atom is 0.306 e. The van der Waals surface area contributed by atoms with Gasteiger partial charge in [0, 0.05) is 12.7 Å². The fourth-order valence-electron chi connectivity index (χ4n) is 2.53. The van der Waals surface area contributed by atoms with E-state index in [4.69, 9.17) is 9.15 Å². The first-order valence-electron chi connectivity index (χ1n) is 8.42. The molecule has 0 atom stereocenters. The molecule has 1 aromatic heterocycles. The van der Waals surface area contributed by atoms with Crippen molar-refractivity contribution in [3.8, 4) is 0 Å². The largest absolute Gasteiger partial charge is 0.456 e. The van der Waals surface area contributed by atoms with Gasteiger partial charge in [-0.05, 0) is 24.3 Å². The molecule has 1 amide bonds. The summed E-state index contributed by atoms with van der Waals surface area (Å²) in [4.78, 5) is 28.1. The highest BCUT2D eigenvalue weighted by Crippen LogP contribution is 2.20. The van der Waals surface area contributed by atoms with Crippen molar-refractivity contribution in [1.82, 2.24) is 4.98 Å². The summed E-state index contributed by atoms with van der Waals surface area (Å²) in [5, 5.41) is 2.44. The molecule has 0 spiro atoms. The molecule has 0 aliphatic heterocycles. The van der Waals surface area contributed by atoms with Crippen LogP contribution < -0.4 is 5.32 Å². The third kappa shape index (κ3) is 4.95. The fraction of sp³-hybridized carbons (Fsp3) is 0.211. The van der Waals surface area contributed by atoms with Crippen LogP contribution in [0, 0.1) is 0 Å². The number of anilines is 1. The molecule has 0 aliphatic rings. The van der Waals surface area contributed by atoms with Crippen molar-refractivity contribution in [2.24, 2.45) is 0 Å². The number of hydrogen-bond acceptors (Lipinski definition) is 7. The van der Waals surface area contributed by atoms with Crippen LogP contribution in [0.5, 0.6) is 0 Å². The Kier molecular flexibility index (Phi) is 5.74. The number of ether oxygens (including phenoxy) is 1. The lowest BCUT2D eigenvalue weighted by atomic mass is 10.3. The Morgan fingerprint density at radius 3 is 2.57 bits per heavy atom. The quantitative estimate of drug-likeness (QED) is 0.603. The zero-order chi connectivity index (χ0) is 20.1. The number of aromatic nitrogens is 1. The van der Waals surface area contributed by atoms with Crippen LogP contribution in [0.1, 0.15) is 12.3 Å². The number of aryl methyl sites for hydroxylation is 1. The maximum atomic E-state index is 12.0. The SMILES string of the molecule is CS(=O)(=O)c1ccccc1NC(=O)COC(=O)CCc1nc2ccccc2o1. The second kappa shape index (κ2) is 8.22. The van der Waals surface area contributed by atoms with Crippen LogP contribution in [-0.4, -0.2) is 38.1 Å². The highest BCUT2D eigenvalue weighted by atomic mass is 32.2. The first-order valence-corrected chi connectivity index (χ1v) is 10.3. The maximum absolute atomic E-state index is 12.0. The van der Waals surface area contributed by atoms with Gasteiger partial charge in [-0.2, -0.15) is 0 Å². The van der Waals surface area contributed by atoms with Gasteiger partial charge in [-0.15, -0.1) is 0 Å². The number of carbonyl (C=O) groups is 2. The molecule has 0 fully saturated rings. The van der Waals surface area contributed by atoms with Gasteiger partial charge in [-0.1, -0.05) is 24.3 Å². The van der Waals surface area contributed by atoms with Gasteiger partial charge in [0.15, 0.2) is 27.9 Å². The topological polar surface area (TPSA) is 116 Å². The van der Waals surface area contributed by atoms with Gasteiger partial charge in [-0.3, -0.25) is 9.59 Å². The van der Waals surface area contributed by atoms with Gasteiger partial charge in [0.05, 0.1) is 17.0 Å². The molecule has 0 unspecified atom stereocenters. The average molecular weight is 402 g/mol. The fourth-order valence-corrected chi connectivity index (χ4v) is 3.38. The van der Waals surface area contributed by atoms with E-state index < -0.39 is 28.3 Å². The molecule has 0 saturated heterocycles. The molecule has 3 aromatic rings. The minimum atomic E-state index is -3.50. The van der Waals surface area contributed by atoms with Crippen molar-refractivity contribution in [3.63, 3.8) is 0 Å². The number of sulfone groups is 1. The summed E-state index contributed by atoms with van der Waals surface area (Å²) < 4.78 is 33.9. The zero-order valence-electron chi connectivity index (χ0n) is 15.0. The second-order valence-corrected chi connectivity index (χ2v) is 8.04. The number of hydrogen-bond donors (Lipinski definition) is 1. The number of esters is 1. The summed E-state index contributed by atoms with van der Waals surface area (Å²) in [5.74, 6) is -0.815. The Hall–Kier alpha value is -3.20. The van der Waals surface area contributed by atoms with E-state index in [1.807, 2.05) is 12.1 Å². The summed E-state index contributed by atoms with van der Waals surface area (Å²) >= 11 is 0. The van der Waals surface area contributed by atoms with Crippen LogP contribution in [0.15, 0.2) is 57.8 Å². The summed E-state index contributed by atoms with van der Waals surface area (Å²) in [5.41, 5.74) is 1.47. The number of nitrogens with one attached hydrogen (secondary N) is 1. The molecule has 3 rings (SSSR count). The summed E-state index contributed by atoms with van der Waals surface area (Å²) in [6, 6.07) is 13.2. The van der Waals surface area contributed by atoms with Crippen molar-refractivity contribution in [2.45, 2.75) is 17.7 Å². The van der Waals surface area contributed by atoms with Crippen molar-refractivity contribution in [2.75, 3.05) is 18.2 Å². The molecule has 9 heteroatoms. The number of amides is 1. The van der Waals surface area contributed by atoms with E-state index in [0.29, 0.717) is 17.0 Å². The van der Waals surface area contributed by atoms with E-state index in [2.05, 4.69) is 10.3 Å². The molecule has 0 aliphatic carbocycles.